The maximum atomic E-state index is 12.8. The van der Waals surface area contributed by atoms with Crippen molar-refractivity contribution in [3.05, 3.63) is 59.2 Å². The number of hydrogen-bond donors (Lipinski definition) is 2. The fourth-order valence-electron chi connectivity index (χ4n) is 3.89. The van der Waals surface area contributed by atoms with Gasteiger partial charge in [0.15, 0.2) is 0 Å². The molecule has 1 aliphatic rings. The van der Waals surface area contributed by atoms with Crippen LogP contribution in [0.5, 0.6) is 0 Å². The largest absolute Gasteiger partial charge is 0.433 e. The number of pyridine rings is 1. The van der Waals surface area contributed by atoms with E-state index < -0.39 is 17.8 Å². The number of carbonyl (C=O) groups excluding carboxylic acids is 1. The average molecular weight is 417 g/mol. The molecule has 0 aliphatic carbocycles. The smallest absolute Gasteiger partial charge is 0.349 e. The first kappa shape index (κ1) is 20.3. The van der Waals surface area contributed by atoms with Gasteiger partial charge in [-0.3, -0.25) is 9.69 Å². The molecule has 2 atom stereocenters. The van der Waals surface area contributed by atoms with Crippen LogP contribution in [0.4, 0.5) is 13.2 Å². The van der Waals surface area contributed by atoms with Crippen molar-refractivity contribution in [2.45, 2.75) is 38.0 Å². The SMILES string of the molecule is Cc1nc(C(F)(F)F)ccc1C(=O)NC1CCN(C)C(c2nc3ccccc3[nH]2)C1. The molecule has 2 aromatic heterocycles. The van der Waals surface area contributed by atoms with Crippen LogP contribution in [0.3, 0.4) is 0 Å². The molecule has 1 fully saturated rings. The first-order valence-electron chi connectivity index (χ1n) is 9.73. The Morgan fingerprint density at radius 1 is 1.20 bits per heavy atom. The summed E-state index contributed by atoms with van der Waals surface area (Å²) < 4.78 is 38.4. The molecule has 4 rings (SSSR count). The highest BCUT2D eigenvalue weighted by atomic mass is 19.4. The first-order valence-corrected chi connectivity index (χ1v) is 9.73. The van der Waals surface area contributed by atoms with Crippen LogP contribution >= 0.6 is 0 Å². The molecule has 3 aromatic rings. The topological polar surface area (TPSA) is 73.9 Å². The van der Waals surface area contributed by atoms with Gasteiger partial charge in [-0.2, -0.15) is 13.2 Å². The Bertz CT molecular complexity index is 1040. The number of likely N-dealkylation sites (tertiary alicyclic amines) is 1. The molecular weight excluding hydrogens is 395 g/mol. The highest BCUT2D eigenvalue weighted by Gasteiger charge is 2.34. The predicted molar refractivity (Wildman–Crippen MR) is 106 cm³/mol. The molecule has 3 heterocycles. The molecule has 2 unspecified atom stereocenters. The summed E-state index contributed by atoms with van der Waals surface area (Å²) in [6.07, 6.45) is -3.14. The van der Waals surface area contributed by atoms with Gasteiger partial charge in [0, 0.05) is 12.6 Å². The van der Waals surface area contributed by atoms with Gasteiger partial charge in [0.05, 0.1) is 28.3 Å². The zero-order valence-electron chi connectivity index (χ0n) is 16.6. The van der Waals surface area contributed by atoms with Gasteiger partial charge in [0.2, 0.25) is 0 Å². The van der Waals surface area contributed by atoms with Gasteiger partial charge >= 0.3 is 6.18 Å². The normalized spacial score (nSPS) is 20.4. The molecule has 158 valence electrons. The Hall–Kier alpha value is -2.94. The Kier molecular flexibility index (Phi) is 5.23. The highest BCUT2D eigenvalue weighted by Crippen LogP contribution is 2.30. The van der Waals surface area contributed by atoms with Crippen LogP contribution in [0, 0.1) is 6.92 Å². The lowest BCUT2D eigenvalue weighted by Gasteiger charge is -2.36. The van der Waals surface area contributed by atoms with Crippen molar-refractivity contribution in [3.8, 4) is 0 Å². The standard InChI is InChI=1S/C21H22F3N5O/c1-12-14(7-8-18(25-12)21(22,23)24)20(30)26-13-9-10-29(2)17(11-13)19-27-15-5-3-4-6-16(15)28-19/h3-8,13,17H,9-11H2,1-2H3,(H,26,30)(H,27,28). The lowest BCUT2D eigenvalue weighted by atomic mass is 9.96. The number of amides is 1. The molecule has 1 saturated heterocycles. The number of halogens is 3. The third-order valence-electron chi connectivity index (χ3n) is 5.55. The maximum Gasteiger partial charge on any atom is 0.433 e. The highest BCUT2D eigenvalue weighted by molar-refractivity contribution is 5.95. The van der Waals surface area contributed by atoms with Crippen molar-refractivity contribution in [2.75, 3.05) is 13.6 Å². The molecule has 9 heteroatoms. The molecular formula is C21H22F3N5O. The number of imidazole rings is 1. The Morgan fingerprint density at radius 2 is 1.97 bits per heavy atom. The third-order valence-corrected chi connectivity index (χ3v) is 5.55. The molecule has 0 spiro atoms. The molecule has 30 heavy (non-hydrogen) atoms. The number of alkyl halides is 3. The van der Waals surface area contributed by atoms with Gasteiger partial charge in [-0.25, -0.2) is 9.97 Å². The van der Waals surface area contributed by atoms with Crippen molar-refractivity contribution in [2.24, 2.45) is 0 Å². The first-order chi connectivity index (χ1) is 14.2. The van der Waals surface area contributed by atoms with Gasteiger partial charge in [-0.15, -0.1) is 0 Å². The number of para-hydroxylation sites is 2. The number of benzene rings is 1. The number of rotatable bonds is 3. The van der Waals surface area contributed by atoms with Crippen LogP contribution in [0.15, 0.2) is 36.4 Å². The Labute approximate surface area is 171 Å². The zero-order chi connectivity index (χ0) is 21.5. The third kappa shape index (κ3) is 4.02. The molecule has 0 bridgehead atoms. The van der Waals surface area contributed by atoms with E-state index in [0.29, 0.717) is 6.42 Å². The summed E-state index contributed by atoms with van der Waals surface area (Å²) in [5.74, 6) is 0.427. The second-order valence-electron chi connectivity index (χ2n) is 7.66. The van der Waals surface area contributed by atoms with E-state index in [1.807, 2.05) is 31.3 Å². The summed E-state index contributed by atoms with van der Waals surface area (Å²) in [6, 6.07) is 9.70. The number of aryl methyl sites for hydroxylation is 1. The van der Waals surface area contributed by atoms with Crippen LogP contribution in [0.1, 0.15) is 46.5 Å². The van der Waals surface area contributed by atoms with E-state index in [1.165, 1.54) is 13.0 Å². The molecule has 2 N–H and O–H groups in total. The van der Waals surface area contributed by atoms with Gasteiger partial charge in [-0.05, 0) is 51.1 Å². The number of aromatic amines is 1. The second-order valence-corrected chi connectivity index (χ2v) is 7.66. The van der Waals surface area contributed by atoms with E-state index >= 15 is 0 Å². The van der Waals surface area contributed by atoms with Gasteiger partial charge in [-0.1, -0.05) is 12.1 Å². The lowest BCUT2D eigenvalue weighted by Crippen LogP contribution is -2.45. The number of hydrogen-bond acceptors (Lipinski definition) is 4. The summed E-state index contributed by atoms with van der Waals surface area (Å²) in [5.41, 5.74) is 1.06. The second kappa shape index (κ2) is 7.71. The average Bonchev–Trinajstić information content (AvgIpc) is 3.12. The number of nitrogens with zero attached hydrogens (tertiary/aromatic N) is 3. The van der Waals surface area contributed by atoms with E-state index in [-0.39, 0.29) is 23.3 Å². The number of aromatic nitrogens is 3. The molecule has 0 radical (unpaired) electrons. The van der Waals surface area contributed by atoms with Crippen LogP contribution in [-0.2, 0) is 6.18 Å². The Morgan fingerprint density at radius 3 is 2.67 bits per heavy atom. The summed E-state index contributed by atoms with van der Waals surface area (Å²) >= 11 is 0. The fourth-order valence-corrected chi connectivity index (χ4v) is 3.89. The predicted octanol–water partition coefficient (Wildman–Crippen LogP) is 3.85. The van der Waals surface area contributed by atoms with E-state index in [4.69, 9.17) is 0 Å². The summed E-state index contributed by atoms with van der Waals surface area (Å²) in [5, 5.41) is 2.96. The quantitative estimate of drug-likeness (QED) is 0.679. The molecule has 6 nitrogen and oxygen atoms in total. The minimum atomic E-state index is -4.53. The zero-order valence-corrected chi connectivity index (χ0v) is 16.6. The van der Waals surface area contributed by atoms with Crippen LogP contribution in [-0.4, -0.2) is 45.4 Å². The van der Waals surface area contributed by atoms with Crippen molar-refractivity contribution in [1.82, 2.24) is 25.2 Å². The number of piperidine rings is 1. The Balaban J connectivity index is 1.49. The minimum Gasteiger partial charge on any atom is -0.349 e. The van der Waals surface area contributed by atoms with Crippen LogP contribution in [0.25, 0.3) is 11.0 Å². The van der Waals surface area contributed by atoms with E-state index in [0.717, 1.165) is 35.9 Å². The van der Waals surface area contributed by atoms with E-state index in [1.54, 1.807) is 0 Å². The molecule has 1 aromatic carbocycles. The molecule has 1 aliphatic heterocycles. The van der Waals surface area contributed by atoms with Gasteiger partial charge < -0.3 is 10.3 Å². The van der Waals surface area contributed by atoms with Gasteiger partial charge in [0.1, 0.15) is 11.5 Å². The molecule has 0 saturated carbocycles. The maximum absolute atomic E-state index is 12.8. The van der Waals surface area contributed by atoms with E-state index in [9.17, 15) is 18.0 Å². The number of fused-ring (bicyclic) bond motifs is 1. The summed E-state index contributed by atoms with van der Waals surface area (Å²) in [4.78, 5) is 26.5. The lowest BCUT2D eigenvalue weighted by molar-refractivity contribution is -0.141. The number of H-pyrrole nitrogens is 1. The summed E-state index contributed by atoms with van der Waals surface area (Å²) in [6.45, 7) is 2.17. The van der Waals surface area contributed by atoms with Crippen LogP contribution in [0.2, 0.25) is 0 Å². The fraction of sp³-hybridized carbons (Fsp3) is 0.381. The van der Waals surface area contributed by atoms with Crippen molar-refractivity contribution in [1.29, 1.82) is 0 Å². The minimum absolute atomic E-state index is 0.00303. The van der Waals surface area contributed by atoms with Crippen molar-refractivity contribution < 1.29 is 18.0 Å². The monoisotopic (exact) mass is 417 g/mol. The number of carbonyl (C=O) groups is 1. The van der Waals surface area contributed by atoms with Crippen LogP contribution < -0.4 is 5.32 Å². The molecule has 1 amide bonds. The number of nitrogens with one attached hydrogen (secondary N) is 2. The van der Waals surface area contributed by atoms with E-state index in [2.05, 4.69) is 25.2 Å². The van der Waals surface area contributed by atoms with Crippen molar-refractivity contribution >= 4 is 16.9 Å². The summed E-state index contributed by atoms with van der Waals surface area (Å²) in [7, 11) is 2.01. The van der Waals surface area contributed by atoms with Crippen molar-refractivity contribution in [3.63, 3.8) is 0 Å². The van der Waals surface area contributed by atoms with Gasteiger partial charge in [0.25, 0.3) is 5.91 Å².